The van der Waals surface area contributed by atoms with E-state index in [1.54, 1.807) is 32.0 Å². The summed E-state index contributed by atoms with van der Waals surface area (Å²) in [6.45, 7) is 3.57. The predicted octanol–water partition coefficient (Wildman–Crippen LogP) is 5.94. The number of pyridine rings is 1. The van der Waals surface area contributed by atoms with Crippen LogP contribution in [0.1, 0.15) is 37.7 Å². The Balaban J connectivity index is 2.20. The Kier molecular flexibility index (Phi) is 8.17. The van der Waals surface area contributed by atoms with Crippen molar-refractivity contribution in [3.05, 3.63) is 74.0 Å². The van der Waals surface area contributed by atoms with Crippen molar-refractivity contribution in [3.63, 3.8) is 0 Å². The van der Waals surface area contributed by atoms with Crippen molar-refractivity contribution in [1.82, 2.24) is 4.98 Å². The molecular weight excluding hydrogens is 526 g/mol. The van der Waals surface area contributed by atoms with E-state index in [9.17, 15) is 9.59 Å². The van der Waals surface area contributed by atoms with E-state index in [0.717, 1.165) is 5.56 Å². The smallest absolute Gasteiger partial charge is 0.340 e. The number of hydrogen-bond acceptors (Lipinski definition) is 7. The molecular formula is C25H23BrClNO6. The number of aryl methyl sites for hydroxylation is 2. The van der Waals surface area contributed by atoms with Crippen LogP contribution in [-0.2, 0) is 16.1 Å². The second-order valence-electron chi connectivity index (χ2n) is 7.26. The number of esters is 2. The number of aromatic nitrogens is 1. The molecule has 2 aromatic carbocycles. The van der Waals surface area contributed by atoms with Gasteiger partial charge < -0.3 is 18.9 Å². The molecule has 0 radical (unpaired) electrons. The summed E-state index contributed by atoms with van der Waals surface area (Å²) in [5, 5.41) is 0.586. The van der Waals surface area contributed by atoms with Gasteiger partial charge >= 0.3 is 11.9 Å². The second kappa shape index (κ2) is 10.9. The van der Waals surface area contributed by atoms with Crippen LogP contribution < -0.4 is 9.47 Å². The quantitative estimate of drug-likeness (QED) is 0.338. The van der Waals surface area contributed by atoms with Crippen LogP contribution in [0.5, 0.6) is 11.5 Å². The van der Waals surface area contributed by atoms with Crippen molar-refractivity contribution < 1.29 is 28.5 Å². The van der Waals surface area contributed by atoms with E-state index in [2.05, 4.69) is 20.9 Å². The molecule has 0 saturated carbocycles. The zero-order chi connectivity index (χ0) is 25.0. The number of benzene rings is 2. The molecule has 3 aromatic rings. The molecule has 9 heteroatoms. The zero-order valence-corrected chi connectivity index (χ0v) is 21.7. The Morgan fingerprint density at radius 3 is 2.09 bits per heavy atom. The fraction of sp³-hybridized carbons (Fsp3) is 0.240. The minimum atomic E-state index is -0.626. The molecule has 0 unspecified atom stereocenters. The van der Waals surface area contributed by atoms with Crippen LogP contribution in [0.4, 0.5) is 0 Å². The monoisotopic (exact) mass is 547 g/mol. The molecule has 7 nitrogen and oxygen atoms in total. The molecule has 34 heavy (non-hydrogen) atoms. The highest BCUT2D eigenvalue weighted by Crippen LogP contribution is 2.43. The average molecular weight is 549 g/mol. The number of halogens is 2. The number of methoxy groups -OCH3 is 3. The van der Waals surface area contributed by atoms with Gasteiger partial charge in [0.1, 0.15) is 6.61 Å². The van der Waals surface area contributed by atoms with Crippen LogP contribution in [0.2, 0.25) is 5.02 Å². The maximum atomic E-state index is 12.7. The first-order valence-electron chi connectivity index (χ1n) is 10.1. The lowest BCUT2D eigenvalue weighted by Gasteiger charge is -2.19. The van der Waals surface area contributed by atoms with Gasteiger partial charge in [0.25, 0.3) is 0 Å². The van der Waals surface area contributed by atoms with E-state index >= 15 is 0 Å². The summed E-state index contributed by atoms with van der Waals surface area (Å²) in [6.07, 6.45) is 0. The van der Waals surface area contributed by atoms with Crippen LogP contribution in [0.25, 0.3) is 11.1 Å². The highest BCUT2D eigenvalue weighted by Gasteiger charge is 2.28. The number of ether oxygens (including phenoxy) is 4. The molecule has 178 valence electrons. The fourth-order valence-corrected chi connectivity index (χ4v) is 4.36. The van der Waals surface area contributed by atoms with E-state index in [-0.39, 0.29) is 17.7 Å². The lowest BCUT2D eigenvalue weighted by molar-refractivity contribution is 0.0599. The van der Waals surface area contributed by atoms with Gasteiger partial charge in [0, 0.05) is 16.1 Å². The number of rotatable bonds is 7. The van der Waals surface area contributed by atoms with Crippen LogP contribution >= 0.6 is 27.5 Å². The molecule has 0 bridgehead atoms. The predicted molar refractivity (Wildman–Crippen MR) is 132 cm³/mol. The Labute approximate surface area is 211 Å². The second-order valence-corrected chi connectivity index (χ2v) is 8.52. The molecule has 1 aromatic heterocycles. The SMILES string of the molecule is COC(=O)c1c(C)nc(C)c(C(=O)OC)c1-c1cc(Br)c(OCc2ccccc2Cl)c(OC)c1. The maximum Gasteiger partial charge on any atom is 0.340 e. The first-order valence-corrected chi connectivity index (χ1v) is 11.3. The zero-order valence-electron chi connectivity index (χ0n) is 19.3. The van der Waals surface area contributed by atoms with Crippen LogP contribution in [0, 0.1) is 13.8 Å². The number of nitrogens with zero attached hydrogens (tertiary/aromatic N) is 1. The summed E-state index contributed by atoms with van der Waals surface area (Å²) in [6, 6.07) is 10.8. The Morgan fingerprint density at radius 2 is 1.56 bits per heavy atom. The third kappa shape index (κ3) is 5.03. The van der Waals surface area contributed by atoms with Crippen molar-refractivity contribution in [2.45, 2.75) is 20.5 Å². The van der Waals surface area contributed by atoms with E-state index in [4.69, 9.17) is 30.5 Å². The molecule has 0 aliphatic rings. The van der Waals surface area contributed by atoms with Crippen LogP contribution in [0.3, 0.4) is 0 Å². The molecule has 0 atom stereocenters. The van der Waals surface area contributed by atoms with Gasteiger partial charge in [-0.25, -0.2) is 9.59 Å². The first-order chi connectivity index (χ1) is 16.2. The summed E-state index contributed by atoms with van der Waals surface area (Å²) < 4.78 is 22.1. The molecule has 0 saturated heterocycles. The highest BCUT2D eigenvalue weighted by molar-refractivity contribution is 9.10. The maximum absolute atomic E-state index is 12.7. The minimum absolute atomic E-state index is 0.159. The van der Waals surface area contributed by atoms with Gasteiger partial charge in [0.05, 0.1) is 48.3 Å². The van der Waals surface area contributed by atoms with Crippen LogP contribution in [-0.4, -0.2) is 38.3 Å². The summed E-state index contributed by atoms with van der Waals surface area (Å²) in [4.78, 5) is 29.8. The third-order valence-corrected chi connectivity index (χ3v) is 6.14. The molecule has 0 aliphatic carbocycles. The largest absolute Gasteiger partial charge is 0.493 e. The van der Waals surface area contributed by atoms with Gasteiger partial charge in [0.15, 0.2) is 11.5 Å². The standard InChI is InChI=1S/C25H23BrClNO6/c1-13-20(24(29)32-4)22(21(14(2)28-13)25(30)33-5)16-10-17(26)23(19(11-16)31-3)34-12-15-8-6-7-9-18(15)27/h6-11H,12H2,1-5H3. The van der Waals surface area contributed by atoms with Crippen molar-refractivity contribution in [3.8, 4) is 22.6 Å². The molecule has 0 aliphatic heterocycles. The Hall–Kier alpha value is -3.10. The molecule has 0 N–H and O–H groups in total. The van der Waals surface area contributed by atoms with Gasteiger partial charge in [0.2, 0.25) is 0 Å². The van der Waals surface area contributed by atoms with Crippen LogP contribution in [0.15, 0.2) is 40.9 Å². The summed E-state index contributed by atoms with van der Waals surface area (Å²) in [7, 11) is 4.04. The summed E-state index contributed by atoms with van der Waals surface area (Å²) in [5.41, 5.74) is 2.81. The normalized spacial score (nSPS) is 10.6. The van der Waals surface area contributed by atoms with Gasteiger partial charge in [-0.1, -0.05) is 29.8 Å². The summed E-state index contributed by atoms with van der Waals surface area (Å²) >= 11 is 9.78. The van der Waals surface area contributed by atoms with Gasteiger partial charge in [-0.15, -0.1) is 0 Å². The van der Waals surface area contributed by atoms with Crippen molar-refractivity contribution in [1.29, 1.82) is 0 Å². The lowest BCUT2D eigenvalue weighted by Crippen LogP contribution is -2.16. The number of carbonyl (C=O) groups excluding carboxylic acids is 2. The molecule has 1 heterocycles. The van der Waals surface area contributed by atoms with Gasteiger partial charge in [-0.05, 0) is 53.5 Å². The molecule has 0 amide bonds. The van der Waals surface area contributed by atoms with E-state index in [0.29, 0.717) is 43.5 Å². The van der Waals surface area contributed by atoms with E-state index in [1.807, 2.05) is 18.2 Å². The lowest BCUT2D eigenvalue weighted by atomic mass is 9.92. The van der Waals surface area contributed by atoms with Crippen molar-refractivity contribution in [2.75, 3.05) is 21.3 Å². The Morgan fingerprint density at radius 1 is 0.971 bits per heavy atom. The number of carbonyl (C=O) groups is 2. The van der Waals surface area contributed by atoms with Crippen molar-refractivity contribution in [2.24, 2.45) is 0 Å². The molecule has 0 fully saturated rings. The van der Waals surface area contributed by atoms with Gasteiger partial charge in [-0.2, -0.15) is 0 Å². The first kappa shape index (κ1) is 25.5. The fourth-order valence-electron chi connectivity index (χ4n) is 3.61. The minimum Gasteiger partial charge on any atom is -0.493 e. The number of hydrogen-bond donors (Lipinski definition) is 0. The van der Waals surface area contributed by atoms with E-state index in [1.165, 1.54) is 21.3 Å². The van der Waals surface area contributed by atoms with E-state index < -0.39 is 11.9 Å². The average Bonchev–Trinajstić information content (AvgIpc) is 2.82. The third-order valence-electron chi connectivity index (χ3n) is 5.19. The topological polar surface area (TPSA) is 84.0 Å². The Bertz CT molecular complexity index is 1220. The molecule has 3 rings (SSSR count). The van der Waals surface area contributed by atoms with Gasteiger partial charge in [-0.3, -0.25) is 4.98 Å². The van der Waals surface area contributed by atoms with Crippen molar-refractivity contribution >= 4 is 39.5 Å². The molecule has 0 spiro atoms. The summed E-state index contributed by atoms with van der Waals surface area (Å²) in [5.74, 6) is -0.429. The highest BCUT2D eigenvalue weighted by atomic mass is 79.9.